The SMILES string of the molecule is Cc1ccc(Cl)cc1NC(=O)C[NH+]1CCN(c2nc3ccccc3s2)CC1. The quantitative estimate of drug-likeness (QED) is 0.706. The Labute approximate surface area is 167 Å². The number of hydrogen-bond donors (Lipinski definition) is 2. The highest BCUT2D eigenvalue weighted by atomic mass is 35.5. The van der Waals surface area contributed by atoms with E-state index in [1.807, 2.05) is 31.2 Å². The number of quaternary nitrogens is 1. The predicted octanol–water partition coefficient (Wildman–Crippen LogP) is 2.60. The summed E-state index contributed by atoms with van der Waals surface area (Å²) in [6, 6.07) is 13.8. The van der Waals surface area contributed by atoms with Crippen LogP contribution < -0.4 is 15.1 Å². The van der Waals surface area contributed by atoms with Crippen molar-refractivity contribution in [2.24, 2.45) is 0 Å². The predicted molar refractivity (Wildman–Crippen MR) is 112 cm³/mol. The van der Waals surface area contributed by atoms with Crippen molar-refractivity contribution in [2.75, 3.05) is 42.9 Å². The molecule has 1 fully saturated rings. The normalized spacial score (nSPS) is 15.3. The maximum Gasteiger partial charge on any atom is 0.279 e. The summed E-state index contributed by atoms with van der Waals surface area (Å²) in [5.41, 5.74) is 2.87. The van der Waals surface area contributed by atoms with Crippen LogP contribution in [0.5, 0.6) is 0 Å². The molecule has 3 aromatic rings. The van der Waals surface area contributed by atoms with Gasteiger partial charge in [0.25, 0.3) is 5.91 Å². The summed E-state index contributed by atoms with van der Waals surface area (Å²) < 4.78 is 1.22. The molecule has 0 radical (unpaired) electrons. The summed E-state index contributed by atoms with van der Waals surface area (Å²) >= 11 is 7.77. The second kappa shape index (κ2) is 7.84. The van der Waals surface area contributed by atoms with Crippen LogP contribution in [0, 0.1) is 6.92 Å². The lowest BCUT2D eigenvalue weighted by Gasteiger charge is -2.31. The number of carbonyl (C=O) groups excluding carboxylic acids is 1. The molecule has 1 amide bonds. The maximum atomic E-state index is 12.4. The lowest BCUT2D eigenvalue weighted by molar-refractivity contribution is -0.892. The Balaban J connectivity index is 1.32. The second-order valence-electron chi connectivity index (χ2n) is 6.89. The van der Waals surface area contributed by atoms with Crippen molar-refractivity contribution in [3.63, 3.8) is 0 Å². The summed E-state index contributed by atoms with van der Waals surface area (Å²) in [7, 11) is 0. The molecule has 0 atom stereocenters. The van der Waals surface area contributed by atoms with Crippen LogP contribution in [0.25, 0.3) is 10.2 Å². The third-order valence-electron chi connectivity index (χ3n) is 4.91. The van der Waals surface area contributed by atoms with Crippen LogP contribution in [-0.2, 0) is 4.79 Å². The van der Waals surface area contributed by atoms with Gasteiger partial charge >= 0.3 is 0 Å². The third-order valence-corrected chi connectivity index (χ3v) is 6.24. The molecule has 1 aromatic heterocycles. The number of piperazine rings is 1. The summed E-state index contributed by atoms with van der Waals surface area (Å²) in [5, 5.41) is 4.70. The van der Waals surface area contributed by atoms with E-state index in [2.05, 4.69) is 22.3 Å². The van der Waals surface area contributed by atoms with Crippen LogP contribution in [0.3, 0.4) is 0 Å². The van der Waals surface area contributed by atoms with Crippen molar-refractivity contribution >= 4 is 49.9 Å². The molecule has 4 rings (SSSR count). The number of aryl methyl sites for hydroxylation is 1. The molecule has 5 nitrogen and oxygen atoms in total. The zero-order chi connectivity index (χ0) is 18.8. The zero-order valence-corrected chi connectivity index (χ0v) is 16.7. The fourth-order valence-electron chi connectivity index (χ4n) is 3.34. The van der Waals surface area contributed by atoms with Gasteiger partial charge in [0.2, 0.25) is 0 Å². The molecule has 2 aromatic carbocycles. The highest BCUT2D eigenvalue weighted by Crippen LogP contribution is 2.28. The van der Waals surface area contributed by atoms with E-state index in [-0.39, 0.29) is 5.91 Å². The molecule has 7 heteroatoms. The van der Waals surface area contributed by atoms with E-state index >= 15 is 0 Å². The van der Waals surface area contributed by atoms with Gasteiger partial charge in [-0.15, -0.1) is 0 Å². The van der Waals surface area contributed by atoms with Crippen LogP contribution in [0.15, 0.2) is 42.5 Å². The first-order valence-corrected chi connectivity index (χ1v) is 10.3. The first-order valence-electron chi connectivity index (χ1n) is 9.08. The number of amides is 1. The summed E-state index contributed by atoms with van der Waals surface area (Å²) in [5.74, 6) is 0.0313. The lowest BCUT2D eigenvalue weighted by Crippen LogP contribution is -3.15. The molecule has 1 aliphatic heterocycles. The highest BCUT2D eigenvalue weighted by molar-refractivity contribution is 7.22. The van der Waals surface area contributed by atoms with Gasteiger partial charge in [0.15, 0.2) is 11.7 Å². The van der Waals surface area contributed by atoms with E-state index in [1.54, 1.807) is 17.4 Å². The van der Waals surface area contributed by atoms with Gasteiger partial charge < -0.3 is 15.1 Å². The molecule has 0 aliphatic carbocycles. The minimum absolute atomic E-state index is 0.0313. The van der Waals surface area contributed by atoms with Gasteiger partial charge in [-0.1, -0.05) is 41.1 Å². The first kappa shape index (κ1) is 18.2. The molecular weight excluding hydrogens is 380 g/mol. The summed E-state index contributed by atoms with van der Waals surface area (Å²) in [4.78, 5) is 20.8. The van der Waals surface area contributed by atoms with Crippen molar-refractivity contribution in [1.82, 2.24) is 4.98 Å². The van der Waals surface area contributed by atoms with Crippen LogP contribution in [-0.4, -0.2) is 43.6 Å². The standard InChI is InChI=1S/C20H21ClN4OS/c1-14-6-7-15(21)12-17(14)22-19(26)13-24-8-10-25(11-9-24)20-23-16-4-2-3-5-18(16)27-20/h2-7,12H,8-11,13H2,1H3,(H,22,26)/p+1. The molecule has 1 aliphatic rings. The molecular formula is C20H22ClN4OS+. The number of benzene rings is 2. The number of para-hydroxylation sites is 1. The monoisotopic (exact) mass is 401 g/mol. The van der Waals surface area contributed by atoms with Gasteiger partial charge in [-0.3, -0.25) is 4.79 Å². The van der Waals surface area contributed by atoms with Crippen molar-refractivity contribution in [2.45, 2.75) is 6.92 Å². The molecule has 0 saturated carbocycles. The molecule has 2 N–H and O–H groups in total. The van der Waals surface area contributed by atoms with E-state index in [4.69, 9.17) is 16.6 Å². The fourth-order valence-corrected chi connectivity index (χ4v) is 4.53. The van der Waals surface area contributed by atoms with E-state index < -0.39 is 0 Å². The number of aromatic nitrogens is 1. The minimum Gasteiger partial charge on any atom is -0.337 e. The largest absolute Gasteiger partial charge is 0.337 e. The van der Waals surface area contributed by atoms with Crippen molar-refractivity contribution in [3.05, 3.63) is 53.1 Å². The molecule has 1 saturated heterocycles. The Kier molecular flexibility index (Phi) is 5.29. The topological polar surface area (TPSA) is 49.7 Å². The van der Waals surface area contributed by atoms with Crippen molar-refractivity contribution in [3.8, 4) is 0 Å². The summed E-state index contributed by atoms with van der Waals surface area (Å²) in [6.45, 7) is 6.13. The Morgan fingerprint density at radius 2 is 2.04 bits per heavy atom. The molecule has 27 heavy (non-hydrogen) atoms. The second-order valence-corrected chi connectivity index (χ2v) is 8.33. The number of anilines is 2. The number of fused-ring (bicyclic) bond motifs is 1. The van der Waals surface area contributed by atoms with Gasteiger partial charge in [-0.25, -0.2) is 4.98 Å². The van der Waals surface area contributed by atoms with Crippen molar-refractivity contribution < 1.29 is 9.69 Å². The smallest absolute Gasteiger partial charge is 0.279 e. The van der Waals surface area contributed by atoms with Crippen LogP contribution in [0.4, 0.5) is 10.8 Å². The Hall–Kier alpha value is -2.15. The Morgan fingerprint density at radius 1 is 1.26 bits per heavy atom. The van der Waals surface area contributed by atoms with Crippen LogP contribution >= 0.6 is 22.9 Å². The average molecular weight is 402 g/mol. The highest BCUT2D eigenvalue weighted by Gasteiger charge is 2.24. The van der Waals surface area contributed by atoms with Crippen LogP contribution in [0.2, 0.25) is 5.02 Å². The number of hydrogen-bond acceptors (Lipinski definition) is 4. The Morgan fingerprint density at radius 3 is 2.81 bits per heavy atom. The summed E-state index contributed by atoms with van der Waals surface area (Å²) in [6.07, 6.45) is 0. The number of halogens is 1. The fraction of sp³-hybridized carbons (Fsp3) is 0.300. The number of thiazole rings is 1. The van der Waals surface area contributed by atoms with Gasteiger partial charge in [0.05, 0.1) is 36.4 Å². The van der Waals surface area contributed by atoms with E-state index in [1.165, 1.54) is 9.60 Å². The molecule has 140 valence electrons. The van der Waals surface area contributed by atoms with Gasteiger partial charge in [0.1, 0.15) is 0 Å². The third kappa shape index (κ3) is 4.24. The lowest BCUT2D eigenvalue weighted by atomic mass is 10.2. The molecule has 0 spiro atoms. The minimum atomic E-state index is 0.0313. The Bertz CT molecular complexity index is 933. The van der Waals surface area contributed by atoms with Crippen LogP contribution in [0.1, 0.15) is 5.56 Å². The van der Waals surface area contributed by atoms with E-state index in [9.17, 15) is 4.79 Å². The van der Waals surface area contributed by atoms with Crippen molar-refractivity contribution in [1.29, 1.82) is 0 Å². The average Bonchev–Trinajstić information content (AvgIpc) is 3.09. The maximum absolute atomic E-state index is 12.4. The van der Waals surface area contributed by atoms with Gasteiger partial charge in [0, 0.05) is 10.7 Å². The first-order chi connectivity index (χ1) is 13.1. The van der Waals surface area contributed by atoms with Gasteiger partial charge in [-0.2, -0.15) is 0 Å². The van der Waals surface area contributed by atoms with Gasteiger partial charge in [-0.05, 0) is 36.8 Å². The zero-order valence-electron chi connectivity index (χ0n) is 15.2. The van der Waals surface area contributed by atoms with E-state index in [0.717, 1.165) is 48.1 Å². The molecule has 0 bridgehead atoms. The molecule has 0 unspecified atom stereocenters. The number of rotatable bonds is 4. The molecule has 2 heterocycles. The number of nitrogens with zero attached hydrogens (tertiary/aromatic N) is 2. The number of nitrogens with one attached hydrogen (secondary N) is 2. The number of carbonyl (C=O) groups is 1. The van der Waals surface area contributed by atoms with E-state index in [0.29, 0.717) is 11.6 Å².